The van der Waals surface area contributed by atoms with Crippen molar-refractivity contribution in [3.05, 3.63) is 41.6 Å². The second-order valence-electron chi connectivity index (χ2n) is 6.28. The van der Waals surface area contributed by atoms with Crippen molar-refractivity contribution in [3.8, 4) is 5.75 Å². The first-order valence-corrected chi connectivity index (χ1v) is 8.53. The number of amides is 3. The van der Waals surface area contributed by atoms with E-state index in [4.69, 9.17) is 9.73 Å². The van der Waals surface area contributed by atoms with Crippen LogP contribution in [0.25, 0.3) is 0 Å². The van der Waals surface area contributed by atoms with Crippen LogP contribution in [-0.2, 0) is 11.3 Å². The summed E-state index contributed by atoms with van der Waals surface area (Å²) in [6.45, 7) is 2.45. The van der Waals surface area contributed by atoms with E-state index < -0.39 is 5.92 Å². The maximum Gasteiger partial charge on any atom is 0.417 e. The molecule has 136 valence electrons. The molecule has 0 bridgehead atoms. The SMILES string of the molecule is CCC1=C[NH+]=C2C(C(=O)N(C)C(=O)N2C)C1=NCc1cccc(OC)c1. The number of imide groups is 1. The third-order valence-corrected chi connectivity index (χ3v) is 4.73. The average Bonchev–Trinajstić information content (AvgIpc) is 2.68. The Kier molecular flexibility index (Phi) is 4.88. The van der Waals surface area contributed by atoms with Gasteiger partial charge in [0.25, 0.3) is 11.7 Å². The van der Waals surface area contributed by atoms with Crippen LogP contribution in [0.2, 0.25) is 0 Å². The second kappa shape index (κ2) is 7.11. The van der Waals surface area contributed by atoms with E-state index in [0.29, 0.717) is 18.1 Å². The Hall–Kier alpha value is -2.96. The minimum Gasteiger partial charge on any atom is -0.497 e. The molecule has 1 N–H and O–H groups in total. The minimum atomic E-state index is -0.590. The van der Waals surface area contributed by atoms with Crippen molar-refractivity contribution in [1.29, 1.82) is 0 Å². The van der Waals surface area contributed by atoms with Crippen LogP contribution in [0.15, 0.2) is 41.0 Å². The van der Waals surface area contributed by atoms with Crippen molar-refractivity contribution < 1.29 is 19.3 Å². The number of allylic oxidation sites excluding steroid dienone is 1. The molecule has 0 saturated carbocycles. The van der Waals surface area contributed by atoms with Gasteiger partial charge in [0, 0.05) is 12.6 Å². The minimum absolute atomic E-state index is 0.265. The van der Waals surface area contributed by atoms with Gasteiger partial charge in [0.15, 0.2) is 5.92 Å². The normalized spacial score (nSPS) is 21.5. The van der Waals surface area contributed by atoms with Crippen molar-refractivity contribution in [2.45, 2.75) is 19.9 Å². The monoisotopic (exact) mass is 355 g/mol. The lowest BCUT2D eigenvalue weighted by atomic mass is 9.89. The molecule has 0 aromatic heterocycles. The van der Waals surface area contributed by atoms with Crippen molar-refractivity contribution in [1.82, 2.24) is 9.80 Å². The quantitative estimate of drug-likeness (QED) is 0.858. The van der Waals surface area contributed by atoms with Gasteiger partial charge in [0.1, 0.15) is 5.75 Å². The summed E-state index contributed by atoms with van der Waals surface area (Å²) in [6.07, 6.45) is 2.57. The summed E-state index contributed by atoms with van der Waals surface area (Å²) in [5.41, 5.74) is 2.67. The highest BCUT2D eigenvalue weighted by molar-refractivity contribution is 6.31. The fraction of sp³-hybridized carbons (Fsp3) is 0.368. The number of nitrogens with one attached hydrogen (secondary N) is 1. The van der Waals surface area contributed by atoms with Crippen LogP contribution in [0.1, 0.15) is 18.9 Å². The van der Waals surface area contributed by atoms with Gasteiger partial charge < -0.3 is 4.74 Å². The van der Waals surface area contributed by atoms with Crippen molar-refractivity contribution in [2.75, 3.05) is 21.2 Å². The first-order valence-electron chi connectivity index (χ1n) is 8.53. The number of hydrogen-bond acceptors (Lipinski definition) is 4. The fourth-order valence-corrected chi connectivity index (χ4v) is 3.20. The first-order chi connectivity index (χ1) is 12.5. The predicted octanol–water partition coefficient (Wildman–Crippen LogP) is 0.563. The van der Waals surface area contributed by atoms with Gasteiger partial charge >= 0.3 is 6.03 Å². The van der Waals surface area contributed by atoms with Gasteiger partial charge in [-0.05, 0) is 24.1 Å². The molecule has 3 amide bonds. The molecule has 1 unspecified atom stereocenters. The molecule has 2 aliphatic heterocycles. The van der Waals surface area contributed by atoms with E-state index >= 15 is 0 Å². The predicted molar refractivity (Wildman–Crippen MR) is 97.9 cm³/mol. The van der Waals surface area contributed by atoms with E-state index in [9.17, 15) is 9.59 Å². The molecular formula is C19H23N4O3+. The van der Waals surface area contributed by atoms with Crippen LogP contribution in [0.3, 0.4) is 0 Å². The molecule has 0 aliphatic carbocycles. The Balaban J connectivity index is 1.98. The van der Waals surface area contributed by atoms with Crippen molar-refractivity contribution in [2.24, 2.45) is 10.9 Å². The van der Waals surface area contributed by atoms with Gasteiger partial charge in [-0.3, -0.25) is 9.79 Å². The number of urea groups is 1. The number of aliphatic imine (C=N–C) groups is 1. The van der Waals surface area contributed by atoms with E-state index in [1.807, 2.05) is 37.4 Å². The number of benzene rings is 1. The van der Waals surface area contributed by atoms with Crippen LogP contribution in [0, 0.1) is 5.92 Å². The van der Waals surface area contributed by atoms with Gasteiger partial charge in [-0.15, -0.1) is 0 Å². The summed E-state index contributed by atoms with van der Waals surface area (Å²) in [4.78, 5) is 35.5. The summed E-state index contributed by atoms with van der Waals surface area (Å²) in [7, 11) is 4.78. The van der Waals surface area contributed by atoms with Crippen LogP contribution in [-0.4, -0.2) is 54.5 Å². The van der Waals surface area contributed by atoms with Crippen LogP contribution < -0.4 is 9.73 Å². The summed E-state index contributed by atoms with van der Waals surface area (Å²) >= 11 is 0. The number of carbonyl (C=O) groups excluding carboxylic acids is 2. The molecule has 1 aromatic rings. The molecule has 26 heavy (non-hydrogen) atoms. The Morgan fingerprint density at radius 1 is 1.23 bits per heavy atom. The van der Waals surface area contributed by atoms with Gasteiger partial charge in [-0.25, -0.2) is 14.7 Å². The van der Waals surface area contributed by atoms with Crippen molar-refractivity contribution in [3.63, 3.8) is 0 Å². The number of amidine groups is 1. The summed E-state index contributed by atoms with van der Waals surface area (Å²) in [6, 6.07) is 7.34. The molecule has 7 nitrogen and oxygen atoms in total. The summed E-state index contributed by atoms with van der Waals surface area (Å²) in [5.74, 6) is 0.470. The molecule has 0 spiro atoms. The number of ether oxygens (including phenoxy) is 1. The fourth-order valence-electron chi connectivity index (χ4n) is 3.20. The average molecular weight is 355 g/mol. The second-order valence-corrected chi connectivity index (χ2v) is 6.28. The van der Waals surface area contributed by atoms with Gasteiger partial charge in [0.05, 0.1) is 32.6 Å². The summed E-state index contributed by atoms with van der Waals surface area (Å²) < 4.78 is 5.25. The zero-order chi connectivity index (χ0) is 18.8. The number of nitrogens with zero attached hydrogens (tertiary/aromatic N) is 3. The number of fused-ring (bicyclic) bond motifs is 1. The maximum atomic E-state index is 12.8. The zero-order valence-corrected chi connectivity index (χ0v) is 15.4. The lowest BCUT2D eigenvalue weighted by Crippen LogP contribution is -2.80. The maximum absolute atomic E-state index is 12.8. The Labute approximate surface area is 152 Å². The number of carbonyl (C=O) groups is 2. The Bertz CT molecular complexity index is 841. The highest BCUT2D eigenvalue weighted by atomic mass is 16.5. The number of rotatable bonds is 4. The Morgan fingerprint density at radius 2 is 2.00 bits per heavy atom. The molecule has 1 saturated heterocycles. The third kappa shape index (κ3) is 3.00. The smallest absolute Gasteiger partial charge is 0.417 e. The van der Waals surface area contributed by atoms with Crippen LogP contribution in [0.5, 0.6) is 5.75 Å². The van der Waals surface area contributed by atoms with E-state index in [0.717, 1.165) is 28.2 Å². The molecular weight excluding hydrogens is 332 g/mol. The molecule has 2 aliphatic rings. The molecule has 7 heteroatoms. The molecule has 1 atom stereocenters. The van der Waals surface area contributed by atoms with E-state index in [2.05, 4.69) is 4.99 Å². The molecule has 1 fully saturated rings. The first kappa shape index (κ1) is 17.8. The van der Waals surface area contributed by atoms with E-state index in [1.54, 1.807) is 14.2 Å². The topological polar surface area (TPSA) is 76.2 Å². The van der Waals surface area contributed by atoms with Gasteiger partial charge in [-0.1, -0.05) is 19.1 Å². The van der Waals surface area contributed by atoms with E-state index in [1.165, 1.54) is 11.9 Å². The van der Waals surface area contributed by atoms with Crippen LogP contribution >= 0.6 is 0 Å². The molecule has 3 rings (SSSR count). The van der Waals surface area contributed by atoms with Gasteiger partial charge in [0.2, 0.25) is 0 Å². The molecule has 2 heterocycles. The highest BCUT2D eigenvalue weighted by Crippen LogP contribution is 2.23. The van der Waals surface area contributed by atoms with E-state index in [-0.39, 0.29) is 11.9 Å². The lowest BCUT2D eigenvalue weighted by Gasteiger charge is -2.32. The molecule has 1 aromatic carbocycles. The largest absolute Gasteiger partial charge is 0.497 e. The number of methoxy groups -OCH3 is 1. The highest BCUT2D eigenvalue weighted by Gasteiger charge is 2.50. The summed E-state index contributed by atoms with van der Waals surface area (Å²) in [5, 5.41) is 0. The molecule has 0 radical (unpaired) electrons. The standard InChI is InChI=1S/C19H22N4O3/c1-5-13-11-21-17-15(18(24)23(3)19(25)22(17)2)16(13)20-10-12-7-6-8-14(9-12)26-4/h6-9,11,15H,5,10H2,1-4H3/p+1. The third-order valence-electron chi connectivity index (χ3n) is 4.73. The van der Waals surface area contributed by atoms with Crippen LogP contribution in [0.4, 0.5) is 4.79 Å². The number of hydrogen-bond donors (Lipinski definition) is 1. The van der Waals surface area contributed by atoms with Crippen molar-refractivity contribution >= 4 is 23.5 Å². The van der Waals surface area contributed by atoms with Gasteiger partial charge in [-0.2, -0.15) is 4.90 Å². The zero-order valence-electron chi connectivity index (χ0n) is 15.4. The lowest BCUT2D eigenvalue weighted by molar-refractivity contribution is -0.383. The Morgan fingerprint density at radius 3 is 2.69 bits per heavy atom.